The fourth-order valence-corrected chi connectivity index (χ4v) is 4.96. The lowest BCUT2D eigenvalue weighted by molar-refractivity contribution is -0.126. The molecule has 3 nitrogen and oxygen atoms in total. The minimum Gasteiger partial charge on any atom is -0.387 e. The highest BCUT2D eigenvalue weighted by atomic mass is 28.3. The maximum Gasteiger partial charge on any atom is 0.223 e. The van der Waals surface area contributed by atoms with E-state index in [9.17, 15) is 9.90 Å². The van der Waals surface area contributed by atoms with Crippen LogP contribution in [-0.4, -0.2) is 24.8 Å². The zero-order chi connectivity index (χ0) is 16.2. The van der Waals surface area contributed by atoms with Crippen LogP contribution in [0.4, 0.5) is 0 Å². The van der Waals surface area contributed by atoms with E-state index >= 15 is 0 Å². The molecule has 1 aliphatic rings. The van der Waals surface area contributed by atoms with Crippen LogP contribution in [-0.2, 0) is 4.79 Å². The van der Waals surface area contributed by atoms with Crippen LogP contribution < -0.4 is 5.32 Å². The lowest BCUT2D eigenvalue weighted by atomic mass is 9.88. The number of hydrogen-bond acceptors (Lipinski definition) is 2. The molecule has 2 rings (SSSR count). The molecule has 2 N–H and O–H groups in total. The molecule has 0 spiro atoms. The molecule has 4 heteroatoms. The van der Waals surface area contributed by atoms with Crippen molar-refractivity contribution in [1.29, 1.82) is 0 Å². The van der Waals surface area contributed by atoms with Crippen molar-refractivity contribution in [2.45, 2.75) is 63.5 Å². The number of rotatable bonds is 5. The van der Waals surface area contributed by atoms with Crippen LogP contribution in [0.2, 0.25) is 19.6 Å². The van der Waals surface area contributed by atoms with Crippen LogP contribution in [0.25, 0.3) is 0 Å². The van der Waals surface area contributed by atoms with E-state index in [0.29, 0.717) is 0 Å². The van der Waals surface area contributed by atoms with Gasteiger partial charge in [-0.25, -0.2) is 0 Å². The summed E-state index contributed by atoms with van der Waals surface area (Å²) in [6.07, 6.45) is 4.90. The first-order valence-electron chi connectivity index (χ1n) is 8.43. The summed E-state index contributed by atoms with van der Waals surface area (Å²) < 4.78 is 0. The molecule has 2 atom stereocenters. The third kappa shape index (κ3) is 4.43. The second kappa shape index (κ2) is 7.42. The Hall–Kier alpha value is -1.13. The van der Waals surface area contributed by atoms with E-state index in [4.69, 9.17) is 0 Å². The molecule has 0 aliphatic heterocycles. The normalized spacial score (nSPS) is 19.5. The summed E-state index contributed by atoms with van der Waals surface area (Å²) in [7, 11) is -1.74. The van der Waals surface area contributed by atoms with Gasteiger partial charge in [0.2, 0.25) is 5.91 Å². The predicted molar refractivity (Wildman–Crippen MR) is 93.3 cm³/mol. The monoisotopic (exact) mass is 319 g/mol. The molecule has 1 amide bonds. The van der Waals surface area contributed by atoms with Crippen molar-refractivity contribution in [3.05, 3.63) is 35.9 Å². The summed E-state index contributed by atoms with van der Waals surface area (Å²) in [4.78, 5) is 12.6. The third-order valence-electron chi connectivity index (χ3n) is 4.66. The first-order chi connectivity index (χ1) is 10.4. The molecule has 0 bridgehead atoms. The van der Waals surface area contributed by atoms with Crippen molar-refractivity contribution in [2.75, 3.05) is 0 Å². The second-order valence-corrected chi connectivity index (χ2v) is 12.9. The molecule has 22 heavy (non-hydrogen) atoms. The van der Waals surface area contributed by atoms with E-state index in [-0.39, 0.29) is 17.5 Å². The minimum atomic E-state index is -1.74. The number of hydrogen-bond donors (Lipinski definition) is 2. The van der Waals surface area contributed by atoms with E-state index in [2.05, 4.69) is 25.0 Å². The molecule has 0 saturated heterocycles. The van der Waals surface area contributed by atoms with Crippen molar-refractivity contribution < 1.29 is 9.90 Å². The molecule has 122 valence electrons. The molecule has 1 saturated carbocycles. The SMILES string of the molecule is C[Si](C)(C)[C@@H](NC(=O)C1CCCCC1)[C@H](O)c1ccccc1. The lowest BCUT2D eigenvalue weighted by Crippen LogP contribution is -2.55. The summed E-state index contributed by atoms with van der Waals surface area (Å²) in [5.74, 6) is 0.276. The number of benzene rings is 1. The highest BCUT2D eigenvalue weighted by Crippen LogP contribution is 2.27. The van der Waals surface area contributed by atoms with E-state index in [0.717, 1.165) is 31.2 Å². The summed E-state index contributed by atoms with van der Waals surface area (Å²) in [5.41, 5.74) is 0.739. The van der Waals surface area contributed by atoms with Gasteiger partial charge in [0.05, 0.1) is 19.8 Å². The fourth-order valence-electron chi connectivity index (χ4n) is 3.25. The summed E-state index contributed by atoms with van der Waals surface area (Å²) in [5, 5.41) is 14.0. The Morgan fingerprint density at radius 3 is 2.27 bits per heavy atom. The number of amides is 1. The van der Waals surface area contributed by atoms with Gasteiger partial charge in [0.25, 0.3) is 0 Å². The van der Waals surface area contributed by atoms with Crippen LogP contribution in [0.1, 0.15) is 43.8 Å². The molecule has 1 fully saturated rings. The molecule has 1 aromatic carbocycles. The van der Waals surface area contributed by atoms with Gasteiger partial charge in [-0.3, -0.25) is 4.79 Å². The number of carbonyl (C=O) groups excluding carboxylic acids is 1. The Balaban J connectivity index is 2.11. The molecule has 0 aromatic heterocycles. The highest BCUT2D eigenvalue weighted by molar-refractivity contribution is 6.78. The summed E-state index contributed by atoms with van der Waals surface area (Å²) >= 11 is 0. The Morgan fingerprint density at radius 2 is 1.73 bits per heavy atom. The van der Waals surface area contributed by atoms with Crippen molar-refractivity contribution in [3.63, 3.8) is 0 Å². The van der Waals surface area contributed by atoms with Crippen molar-refractivity contribution in [1.82, 2.24) is 5.32 Å². The Morgan fingerprint density at radius 1 is 1.14 bits per heavy atom. The molecule has 0 radical (unpaired) electrons. The first kappa shape index (κ1) is 17.2. The number of aliphatic hydroxyl groups is 1. The van der Waals surface area contributed by atoms with Gasteiger partial charge in [0.15, 0.2) is 0 Å². The standard InChI is InChI=1S/C18H29NO2Si/c1-22(2,3)18(16(20)14-10-6-4-7-11-14)19-17(21)15-12-8-5-9-13-15/h4,6-7,10-11,15-16,18,20H,5,8-9,12-13H2,1-3H3,(H,19,21)/t16-,18-/m1/s1. The third-order valence-corrected chi connectivity index (χ3v) is 6.99. The molecule has 1 aliphatic carbocycles. The molecule has 0 heterocycles. The quantitative estimate of drug-likeness (QED) is 0.814. The van der Waals surface area contributed by atoms with E-state index in [1.54, 1.807) is 0 Å². The van der Waals surface area contributed by atoms with Crippen molar-refractivity contribution in [2.24, 2.45) is 5.92 Å². The predicted octanol–water partition coefficient (Wildman–Crippen LogP) is 3.66. The lowest BCUT2D eigenvalue weighted by Gasteiger charge is -2.35. The van der Waals surface area contributed by atoms with Crippen LogP contribution in [0.15, 0.2) is 30.3 Å². The maximum absolute atomic E-state index is 12.6. The zero-order valence-electron chi connectivity index (χ0n) is 14.0. The second-order valence-electron chi connectivity index (χ2n) is 7.54. The average Bonchev–Trinajstić information content (AvgIpc) is 2.52. The van der Waals surface area contributed by atoms with Gasteiger partial charge in [-0.1, -0.05) is 69.2 Å². The van der Waals surface area contributed by atoms with Gasteiger partial charge in [0.1, 0.15) is 0 Å². The smallest absolute Gasteiger partial charge is 0.223 e. The summed E-state index contributed by atoms with van der Waals surface area (Å²) in [6.45, 7) is 6.60. The Labute approximate surface area is 135 Å². The fraction of sp³-hybridized carbons (Fsp3) is 0.611. The highest BCUT2D eigenvalue weighted by Gasteiger charge is 2.36. The van der Waals surface area contributed by atoms with Crippen LogP contribution in [0.3, 0.4) is 0 Å². The number of aliphatic hydroxyl groups excluding tert-OH is 1. The van der Waals surface area contributed by atoms with Gasteiger partial charge >= 0.3 is 0 Å². The zero-order valence-corrected chi connectivity index (χ0v) is 15.0. The Bertz CT molecular complexity index is 478. The molecule has 0 unspecified atom stereocenters. The topological polar surface area (TPSA) is 49.3 Å². The van der Waals surface area contributed by atoms with Gasteiger partial charge in [-0.15, -0.1) is 0 Å². The maximum atomic E-state index is 12.6. The van der Waals surface area contributed by atoms with Crippen molar-refractivity contribution in [3.8, 4) is 0 Å². The molecule has 1 aromatic rings. The number of nitrogens with one attached hydrogen (secondary N) is 1. The van der Waals surface area contributed by atoms with E-state index < -0.39 is 14.2 Å². The van der Waals surface area contributed by atoms with Gasteiger partial charge in [-0.2, -0.15) is 0 Å². The molecular weight excluding hydrogens is 290 g/mol. The van der Waals surface area contributed by atoms with Crippen molar-refractivity contribution >= 4 is 14.0 Å². The van der Waals surface area contributed by atoms with E-state index in [1.807, 2.05) is 30.3 Å². The molecular formula is C18H29NO2Si. The van der Waals surface area contributed by atoms with Crippen LogP contribution in [0.5, 0.6) is 0 Å². The Kier molecular flexibility index (Phi) is 5.81. The summed E-state index contributed by atoms with van der Waals surface area (Å²) in [6, 6.07) is 9.68. The minimum absolute atomic E-state index is 0.135. The van der Waals surface area contributed by atoms with E-state index in [1.165, 1.54) is 6.42 Å². The van der Waals surface area contributed by atoms with Crippen LogP contribution in [0, 0.1) is 5.92 Å². The largest absolute Gasteiger partial charge is 0.387 e. The van der Waals surface area contributed by atoms with Gasteiger partial charge in [-0.05, 0) is 18.4 Å². The first-order valence-corrected chi connectivity index (χ1v) is 12.0. The average molecular weight is 320 g/mol. The number of carbonyl (C=O) groups is 1. The van der Waals surface area contributed by atoms with Crippen LogP contribution >= 0.6 is 0 Å². The van der Waals surface area contributed by atoms with Gasteiger partial charge < -0.3 is 10.4 Å². The van der Waals surface area contributed by atoms with Gasteiger partial charge in [0, 0.05) is 5.92 Å².